The molecule has 0 aromatic rings. The van der Waals surface area contributed by atoms with Crippen molar-refractivity contribution in [1.82, 2.24) is 0 Å². The van der Waals surface area contributed by atoms with Gasteiger partial charge in [-0.1, -0.05) is 70.4 Å². The predicted molar refractivity (Wildman–Crippen MR) is 90.9 cm³/mol. The van der Waals surface area contributed by atoms with Crippen LogP contribution in [-0.4, -0.2) is 6.54 Å². The van der Waals surface area contributed by atoms with E-state index in [0.29, 0.717) is 0 Å². The molecule has 0 unspecified atom stereocenters. The molecular weight excluding hydrogens is 242 g/mol. The minimum atomic E-state index is 0.723. The van der Waals surface area contributed by atoms with Gasteiger partial charge in [0.1, 0.15) is 0 Å². The average Bonchev–Trinajstić information content (AvgIpc) is 2.47. The lowest BCUT2D eigenvalue weighted by Crippen LogP contribution is -1.81. The molecule has 0 saturated carbocycles. The Morgan fingerprint density at radius 3 is 1.60 bits per heavy atom. The molecule has 0 aromatic carbocycles. The summed E-state index contributed by atoms with van der Waals surface area (Å²) < 4.78 is 0. The first-order chi connectivity index (χ1) is 9.91. The third kappa shape index (κ3) is 17.2. The second-order valence-electron chi connectivity index (χ2n) is 5.82. The van der Waals surface area contributed by atoms with Crippen molar-refractivity contribution in [2.45, 2.75) is 96.8 Å². The van der Waals surface area contributed by atoms with Gasteiger partial charge in [-0.2, -0.15) is 0 Å². The Morgan fingerprint density at radius 1 is 0.650 bits per heavy atom. The van der Waals surface area contributed by atoms with Gasteiger partial charge in [-0.3, -0.25) is 0 Å². The Hall–Kier alpha value is -0.770. The maximum Gasteiger partial charge on any atom is 0.214 e. The summed E-state index contributed by atoms with van der Waals surface area (Å²) in [4.78, 5) is 3.38. The second kappa shape index (κ2) is 18.2. The third-order valence-electron chi connectivity index (χ3n) is 3.78. The quantitative estimate of drug-likeness (QED) is 0.173. The lowest BCUT2D eigenvalue weighted by molar-refractivity contribution is 0.605. The Bertz CT molecular complexity index is 237. The van der Waals surface area contributed by atoms with Crippen LogP contribution in [0.1, 0.15) is 96.8 Å². The van der Waals surface area contributed by atoms with Crippen LogP contribution in [0.25, 0.3) is 4.85 Å². The van der Waals surface area contributed by atoms with Crippen LogP contribution in [0.15, 0.2) is 12.2 Å². The summed E-state index contributed by atoms with van der Waals surface area (Å²) >= 11 is 0. The van der Waals surface area contributed by atoms with Crippen LogP contribution in [0.3, 0.4) is 0 Å². The zero-order valence-electron chi connectivity index (χ0n) is 13.7. The summed E-state index contributed by atoms with van der Waals surface area (Å²) in [5.41, 5.74) is 0. The molecule has 0 bridgehead atoms. The van der Waals surface area contributed by atoms with Crippen molar-refractivity contribution in [3.05, 3.63) is 23.6 Å². The van der Waals surface area contributed by atoms with Crippen LogP contribution in [0.5, 0.6) is 0 Å². The largest absolute Gasteiger partial charge is 0.317 e. The van der Waals surface area contributed by atoms with Crippen LogP contribution >= 0.6 is 0 Å². The summed E-state index contributed by atoms with van der Waals surface area (Å²) in [5.74, 6) is 0. The van der Waals surface area contributed by atoms with Gasteiger partial charge in [-0.05, 0) is 32.1 Å². The van der Waals surface area contributed by atoms with Crippen molar-refractivity contribution in [3.63, 3.8) is 0 Å². The van der Waals surface area contributed by atoms with Crippen LogP contribution in [0.4, 0.5) is 0 Å². The van der Waals surface area contributed by atoms with Gasteiger partial charge >= 0.3 is 0 Å². The van der Waals surface area contributed by atoms with Crippen LogP contribution in [0.2, 0.25) is 0 Å². The highest BCUT2D eigenvalue weighted by Crippen LogP contribution is 2.09. The number of rotatable bonds is 15. The Labute approximate surface area is 127 Å². The molecule has 20 heavy (non-hydrogen) atoms. The van der Waals surface area contributed by atoms with E-state index in [0.717, 1.165) is 13.0 Å². The number of allylic oxidation sites excluding steroid dienone is 2. The van der Waals surface area contributed by atoms with Crippen LogP contribution in [-0.2, 0) is 0 Å². The number of nitrogens with zero attached hydrogens (tertiary/aromatic N) is 1. The molecule has 0 rings (SSSR count). The number of hydrogen-bond acceptors (Lipinski definition) is 0. The van der Waals surface area contributed by atoms with E-state index in [4.69, 9.17) is 6.57 Å². The molecule has 0 N–H and O–H groups in total. The van der Waals surface area contributed by atoms with Crippen molar-refractivity contribution in [1.29, 1.82) is 0 Å². The van der Waals surface area contributed by atoms with Crippen molar-refractivity contribution >= 4 is 0 Å². The molecule has 1 nitrogen and oxygen atoms in total. The normalized spacial score (nSPS) is 11.0. The summed E-state index contributed by atoms with van der Waals surface area (Å²) in [7, 11) is 0. The molecule has 0 amide bonds. The SMILES string of the molecule is [C-]#[N+]CCCCCCCCC=CCCCCCCCC. The van der Waals surface area contributed by atoms with Crippen LogP contribution < -0.4 is 0 Å². The highest BCUT2D eigenvalue weighted by Gasteiger charge is 1.92. The fourth-order valence-corrected chi connectivity index (χ4v) is 2.44. The molecule has 0 atom stereocenters. The number of hydrogen-bond donors (Lipinski definition) is 0. The van der Waals surface area contributed by atoms with Gasteiger partial charge < -0.3 is 4.85 Å². The molecule has 1 heteroatoms. The van der Waals surface area contributed by atoms with Crippen molar-refractivity contribution in [2.75, 3.05) is 6.54 Å². The molecule has 0 aliphatic heterocycles. The van der Waals surface area contributed by atoms with Gasteiger partial charge in [0, 0.05) is 6.42 Å². The van der Waals surface area contributed by atoms with Gasteiger partial charge in [0.25, 0.3) is 0 Å². The van der Waals surface area contributed by atoms with E-state index in [1.165, 1.54) is 83.5 Å². The molecule has 116 valence electrons. The highest BCUT2D eigenvalue weighted by atomic mass is 14.6. The molecular formula is C19H35N. The maximum atomic E-state index is 6.70. The van der Waals surface area contributed by atoms with Gasteiger partial charge in [0.2, 0.25) is 6.54 Å². The third-order valence-corrected chi connectivity index (χ3v) is 3.78. The minimum Gasteiger partial charge on any atom is -0.317 e. The van der Waals surface area contributed by atoms with Crippen molar-refractivity contribution in [3.8, 4) is 0 Å². The standard InChI is InChI=1S/C19H35N/c1-3-4-5-6-7-8-9-10-11-12-13-14-15-16-17-18-19-20-2/h10-11H,3-9,12-19H2,1H3. The fraction of sp³-hybridized carbons (Fsp3) is 0.842. The molecule has 0 spiro atoms. The maximum absolute atomic E-state index is 6.70. The molecule has 0 heterocycles. The van der Waals surface area contributed by atoms with Gasteiger partial charge in [0.05, 0.1) is 0 Å². The Kier molecular flexibility index (Phi) is 17.5. The summed E-state index contributed by atoms with van der Waals surface area (Å²) in [6.45, 7) is 9.70. The monoisotopic (exact) mass is 277 g/mol. The topological polar surface area (TPSA) is 4.36 Å². The lowest BCUT2D eigenvalue weighted by Gasteiger charge is -1.99. The molecule has 0 aliphatic rings. The first-order valence-corrected chi connectivity index (χ1v) is 8.90. The molecule has 0 radical (unpaired) electrons. The summed E-state index contributed by atoms with van der Waals surface area (Å²) in [6, 6.07) is 0. The first kappa shape index (κ1) is 19.2. The molecule has 0 saturated heterocycles. The molecule has 0 aromatic heterocycles. The average molecular weight is 277 g/mol. The van der Waals surface area contributed by atoms with E-state index in [2.05, 4.69) is 23.9 Å². The van der Waals surface area contributed by atoms with E-state index in [-0.39, 0.29) is 0 Å². The minimum absolute atomic E-state index is 0.723. The van der Waals surface area contributed by atoms with Gasteiger partial charge in [-0.15, -0.1) is 0 Å². The van der Waals surface area contributed by atoms with Crippen LogP contribution in [0, 0.1) is 6.57 Å². The van der Waals surface area contributed by atoms with Crippen molar-refractivity contribution < 1.29 is 0 Å². The predicted octanol–water partition coefficient (Wildman–Crippen LogP) is 6.94. The number of unbranched alkanes of at least 4 members (excludes halogenated alkanes) is 12. The molecule has 0 aliphatic carbocycles. The second-order valence-corrected chi connectivity index (χ2v) is 5.82. The van der Waals surface area contributed by atoms with Gasteiger partial charge in [0.15, 0.2) is 0 Å². The smallest absolute Gasteiger partial charge is 0.214 e. The Morgan fingerprint density at radius 2 is 1.10 bits per heavy atom. The summed E-state index contributed by atoms with van der Waals surface area (Å²) in [5, 5.41) is 0. The van der Waals surface area contributed by atoms with E-state index in [1.807, 2.05) is 0 Å². The Balaban J connectivity index is 3.03. The van der Waals surface area contributed by atoms with Gasteiger partial charge in [-0.25, -0.2) is 6.57 Å². The van der Waals surface area contributed by atoms with E-state index in [1.54, 1.807) is 0 Å². The lowest BCUT2D eigenvalue weighted by atomic mass is 10.1. The zero-order valence-corrected chi connectivity index (χ0v) is 13.7. The van der Waals surface area contributed by atoms with E-state index in [9.17, 15) is 0 Å². The zero-order chi connectivity index (χ0) is 14.7. The highest BCUT2D eigenvalue weighted by molar-refractivity contribution is 4.81. The summed E-state index contributed by atoms with van der Waals surface area (Å²) in [6.07, 6.45) is 23.4. The molecule has 0 fully saturated rings. The van der Waals surface area contributed by atoms with E-state index >= 15 is 0 Å². The fourth-order valence-electron chi connectivity index (χ4n) is 2.44. The van der Waals surface area contributed by atoms with Crippen molar-refractivity contribution in [2.24, 2.45) is 0 Å². The first-order valence-electron chi connectivity index (χ1n) is 8.90. The van der Waals surface area contributed by atoms with E-state index < -0.39 is 0 Å².